The SMILES string of the molecule is C=C(C(=O)O)C1CC1.C=CC(=O)OCCCCC. The van der Waals surface area contributed by atoms with Gasteiger partial charge in [0.2, 0.25) is 0 Å². The van der Waals surface area contributed by atoms with Gasteiger partial charge in [0.25, 0.3) is 0 Å². The molecule has 0 aromatic heterocycles. The van der Waals surface area contributed by atoms with E-state index in [-0.39, 0.29) is 5.97 Å². The lowest BCUT2D eigenvalue weighted by molar-refractivity contribution is -0.138. The van der Waals surface area contributed by atoms with Crippen molar-refractivity contribution in [3.05, 3.63) is 24.8 Å². The van der Waals surface area contributed by atoms with E-state index in [2.05, 4.69) is 20.1 Å². The van der Waals surface area contributed by atoms with Gasteiger partial charge < -0.3 is 9.84 Å². The van der Waals surface area contributed by atoms with E-state index in [9.17, 15) is 9.59 Å². The number of rotatable bonds is 7. The third kappa shape index (κ3) is 8.56. The monoisotopic (exact) mass is 254 g/mol. The van der Waals surface area contributed by atoms with Crippen LogP contribution in [0.2, 0.25) is 0 Å². The van der Waals surface area contributed by atoms with Crippen molar-refractivity contribution in [3.8, 4) is 0 Å². The molecule has 0 spiro atoms. The summed E-state index contributed by atoms with van der Waals surface area (Å²) < 4.78 is 4.74. The van der Waals surface area contributed by atoms with E-state index < -0.39 is 5.97 Å². The molecule has 1 aliphatic rings. The smallest absolute Gasteiger partial charge is 0.331 e. The van der Waals surface area contributed by atoms with Crippen molar-refractivity contribution in [3.63, 3.8) is 0 Å². The third-order valence-electron chi connectivity index (χ3n) is 2.50. The maximum atomic E-state index is 10.4. The Bertz CT molecular complexity index is 303. The maximum absolute atomic E-state index is 10.4. The van der Waals surface area contributed by atoms with Crippen LogP contribution in [0.5, 0.6) is 0 Å². The number of hydrogen-bond acceptors (Lipinski definition) is 3. The summed E-state index contributed by atoms with van der Waals surface area (Å²) in [5.41, 5.74) is 0.380. The molecule has 1 aliphatic carbocycles. The Morgan fingerprint density at radius 3 is 2.33 bits per heavy atom. The van der Waals surface area contributed by atoms with E-state index in [0.717, 1.165) is 32.1 Å². The Morgan fingerprint density at radius 1 is 1.39 bits per heavy atom. The van der Waals surface area contributed by atoms with Gasteiger partial charge in [-0.1, -0.05) is 32.9 Å². The molecule has 0 radical (unpaired) electrons. The largest absolute Gasteiger partial charge is 0.478 e. The molecule has 1 N–H and O–H groups in total. The van der Waals surface area contributed by atoms with Gasteiger partial charge in [0.05, 0.1) is 6.61 Å². The fourth-order valence-electron chi connectivity index (χ4n) is 1.19. The van der Waals surface area contributed by atoms with Crippen molar-refractivity contribution >= 4 is 11.9 Å². The van der Waals surface area contributed by atoms with Crippen molar-refractivity contribution in [2.24, 2.45) is 5.92 Å². The summed E-state index contributed by atoms with van der Waals surface area (Å²) in [6, 6.07) is 0. The molecule has 4 heteroatoms. The highest BCUT2D eigenvalue weighted by molar-refractivity contribution is 5.86. The number of carbonyl (C=O) groups excluding carboxylic acids is 1. The molecule has 0 saturated heterocycles. The van der Waals surface area contributed by atoms with Gasteiger partial charge in [-0.2, -0.15) is 0 Å². The van der Waals surface area contributed by atoms with Crippen molar-refractivity contribution in [2.45, 2.75) is 39.0 Å². The van der Waals surface area contributed by atoms with Gasteiger partial charge in [0, 0.05) is 11.6 Å². The second-order valence-electron chi connectivity index (χ2n) is 4.18. The number of carboxylic acids is 1. The van der Waals surface area contributed by atoms with Crippen LogP contribution in [0.1, 0.15) is 39.0 Å². The molecule has 1 rings (SSSR count). The topological polar surface area (TPSA) is 63.6 Å². The Kier molecular flexibility index (Phi) is 8.62. The maximum Gasteiger partial charge on any atom is 0.331 e. The molecule has 1 saturated carbocycles. The van der Waals surface area contributed by atoms with E-state index in [0.29, 0.717) is 18.1 Å². The zero-order valence-electron chi connectivity index (χ0n) is 11.0. The zero-order chi connectivity index (χ0) is 14.0. The zero-order valence-corrected chi connectivity index (χ0v) is 11.0. The van der Waals surface area contributed by atoms with E-state index in [1.165, 1.54) is 6.08 Å². The van der Waals surface area contributed by atoms with E-state index in [1.807, 2.05) is 0 Å². The number of carbonyl (C=O) groups is 2. The molecule has 0 bridgehead atoms. The van der Waals surface area contributed by atoms with Crippen LogP contribution in [0.25, 0.3) is 0 Å². The highest BCUT2D eigenvalue weighted by Crippen LogP contribution is 2.35. The van der Waals surface area contributed by atoms with Crippen molar-refractivity contribution in [1.82, 2.24) is 0 Å². The van der Waals surface area contributed by atoms with Gasteiger partial charge >= 0.3 is 11.9 Å². The fraction of sp³-hybridized carbons (Fsp3) is 0.571. The second-order valence-corrected chi connectivity index (χ2v) is 4.18. The first kappa shape index (κ1) is 16.4. The Labute approximate surface area is 108 Å². The van der Waals surface area contributed by atoms with Gasteiger partial charge in [0.1, 0.15) is 0 Å². The molecule has 0 aromatic carbocycles. The highest BCUT2D eigenvalue weighted by atomic mass is 16.5. The van der Waals surface area contributed by atoms with Crippen molar-refractivity contribution in [1.29, 1.82) is 0 Å². The van der Waals surface area contributed by atoms with Crippen LogP contribution in [-0.4, -0.2) is 23.7 Å². The molecule has 102 valence electrons. The van der Waals surface area contributed by atoms with Gasteiger partial charge in [0.15, 0.2) is 0 Å². The number of ether oxygens (including phenoxy) is 1. The van der Waals surface area contributed by atoms with Crippen molar-refractivity contribution < 1.29 is 19.4 Å². The van der Waals surface area contributed by atoms with Crippen LogP contribution in [0.4, 0.5) is 0 Å². The number of aliphatic carboxylic acids is 1. The van der Waals surface area contributed by atoms with Crippen LogP contribution in [0.15, 0.2) is 24.8 Å². The first-order chi connectivity index (χ1) is 8.52. The first-order valence-corrected chi connectivity index (χ1v) is 6.24. The predicted molar refractivity (Wildman–Crippen MR) is 70.2 cm³/mol. The van der Waals surface area contributed by atoms with E-state index >= 15 is 0 Å². The minimum absolute atomic E-state index is 0.299. The molecule has 0 unspecified atom stereocenters. The van der Waals surface area contributed by atoms with Crippen LogP contribution in [0.3, 0.4) is 0 Å². The summed E-state index contributed by atoms with van der Waals surface area (Å²) in [6.07, 6.45) is 6.44. The Morgan fingerprint density at radius 2 is 2.00 bits per heavy atom. The summed E-state index contributed by atoms with van der Waals surface area (Å²) >= 11 is 0. The minimum Gasteiger partial charge on any atom is -0.478 e. The van der Waals surface area contributed by atoms with Gasteiger partial charge in [-0.05, 0) is 25.2 Å². The highest BCUT2D eigenvalue weighted by Gasteiger charge is 2.28. The molecular formula is C14H22O4. The summed E-state index contributed by atoms with van der Waals surface area (Å²) in [5, 5.41) is 8.29. The average molecular weight is 254 g/mol. The van der Waals surface area contributed by atoms with Crippen LogP contribution >= 0.6 is 0 Å². The molecule has 0 aromatic rings. The summed E-state index contributed by atoms with van der Waals surface area (Å²) in [5.74, 6) is -0.865. The molecule has 18 heavy (non-hydrogen) atoms. The average Bonchev–Trinajstić information content (AvgIpc) is 3.18. The molecule has 0 amide bonds. The van der Waals surface area contributed by atoms with E-state index in [4.69, 9.17) is 9.84 Å². The summed E-state index contributed by atoms with van der Waals surface area (Å²) in [7, 11) is 0. The number of esters is 1. The molecule has 0 atom stereocenters. The Hall–Kier alpha value is -1.58. The molecule has 1 fully saturated rings. The number of carboxylic acid groups (broad SMARTS) is 1. The van der Waals surface area contributed by atoms with E-state index in [1.54, 1.807) is 0 Å². The van der Waals surface area contributed by atoms with Gasteiger partial charge in [-0.25, -0.2) is 9.59 Å². The molecule has 0 aliphatic heterocycles. The standard InChI is InChI=1S/C8H14O2.C6H8O2/c1-3-5-6-7-10-8(9)4-2;1-4(6(7)8)5-2-3-5/h4H,2-3,5-7H2,1H3;5H,1-3H2,(H,7,8). The second kappa shape index (κ2) is 9.45. The lowest BCUT2D eigenvalue weighted by Crippen LogP contribution is -2.01. The van der Waals surface area contributed by atoms with Gasteiger partial charge in [-0.15, -0.1) is 0 Å². The summed E-state index contributed by atoms with van der Waals surface area (Å²) in [4.78, 5) is 20.5. The predicted octanol–water partition coefficient (Wildman–Crippen LogP) is 2.94. The third-order valence-corrected chi connectivity index (χ3v) is 2.50. The van der Waals surface area contributed by atoms with Gasteiger partial charge in [-0.3, -0.25) is 0 Å². The minimum atomic E-state index is -0.840. The van der Waals surface area contributed by atoms with Crippen molar-refractivity contribution in [2.75, 3.05) is 6.61 Å². The molecule has 0 heterocycles. The quantitative estimate of drug-likeness (QED) is 0.431. The lowest BCUT2D eigenvalue weighted by Gasteiger charge is -1.98. The lowest BCUT2D eigenvalue weighted by atomic mass is 10.2. The van der Waals surface area contributed by atoms with Crippen LogP contribution in [-0.2, 0) is 14.3 Å². The summed E-state index contributed by atoms with van der Waals surface area (Å²) in [6.45, 7) is 9.33. The van der Waals surface area contributed by atoms with Crippen LogP contribution < -0.4 is 0 Å². The van der Waals surface area contributed by atoms with Crippen LogP contribution in [0, 0.1) is 5.92 Å². The molecule has 4 nitrogen and oxygen atoms in total. The fourth-order valence-corrected chi connectivity index (χ4v) is 1.19. The number of hydrogen-bond donors (Lipinski definition) is 1. The Balaban J connectivity index is 0.000000327. The normalized spacial score (nSPS) is 12.9. The first-order valence-electron chi connectivity index (χ1n) is 6.24. The number of unbranched alkanes of at least 4 members (excludes halogenated alkanes) is 2. The molecular weight excluding hydrogens is 232 g/mol.